The highest BCUT2D eigenvalue weighted by Gasteiger charge is 2.24. The minimum atomic E-state index is -1.06. The maximum Gasteiger partial charge on any atom is 0.356 e. The number of hydrogen-bond acceptors (Lipinski definition) is 4. The van der Waals surface area contributed by atoms with Crippen LogP contribution < -0.4 is 5.32 Å². The molecule has 96 valence electrons. The maximum absolute atomic E-state index is 10.6. The Balaban J connectivity index is 1.60. The van der Waals surface area contributed by atoms with E-state index in [-0.39, 0.29) is 5.69 Å². The van der Waals surface area contributed by atoms with Gasteiger partial charge in [-0.05, 0) is 17.5 Å². The summed E-state index contributed by atoms with van der Waals surface area (Å²) in [7, 11) is 0. The van der Waals surface area contributed by atoms with E-state index in [1.165, 1.54) is 23.5 Å². The number of aromatic nitrogens is 2. The van der Waals surface area contributed by atoms with Crippen molar-refractivity contribution in [1.82, 2.24) is 9.97 Å². The molecule has 0 amide bonds. The molecule has 1 aromatic heterocycles. The molecule has 2 N–H and O–H groups in total. The van der Waals surface area contributed by atoms with E-state index in [2.05, 4.69) is 33.5 Å². The van der Waals surface area contributed by atoms with E-state index in [4.69, 9.17) is 5.11 Å². The molecule has 1 unspecified atom stereocenters. The molecule has 19 heavy (non-hydrogen) atoms. The van der Waals surface area contributed by atoms with Crippen LogP contribution in [0.25, 0.3) is 0 Å². The summed E-state index contributed by atoms with van der Waals surface area (Å²) in [6.07, 6.45) is 3.79. The third kappa shape index (κ3) is 2.27. The van der Waals surface area contributed by atoms with Crippen LogP contribution in [0, 0.1) is 0 Å². The molecule has 0 saturated heterocycles. The van der Waals surface area contributed by atoms with Gasteiger partial charge in [-0.3, -0.25) is 0 Å². The van der Waals surface area contributed by atoms with Crippen LogP contribution >= 0.6 is 0 Å². The first kappa shape index (κ1) is 11.6. The summed E-state index contributed by atoms with van der Waals surface area (Å²) in [6, 6.07) is 8.39. The van der Waals surface area contributed by atoms with Crippen LogP contribution in [0.15, 0.2) is 36.7 Å². The number of fused-ring (bicyclic) bond motifs is 1. The second-order valence-electron chi connectivity index (χ2n) is 4.57. The van der Waals surface area contributed by atoms with Crippen molar-refractivity contribution in [3.8, 4) is 0 Å². The van der Waals surface area contributed by atoms with Gasteiger partial charge in [0, 0.05) is 12.5 Å². The van der Waals surface area contributed by atoms with E-state index in [1.54, 1.807) is 0 Å². The molecular formula is C14H13N3O2. The molecule has 1 aliphatic carbocycles. The normalized spacial score (nSPS) is 16.3. The van der Waals surface area contributed by atoms with Crippen molar-refractivity contribution >= 4 is 11.8 Å². The monoisotopic (exact) mass is 255 g/mol. The predicted molar refractivity (Wildman–Crippen MR) is 70.4 cm³/mol. The standard InChI is InChI=1S/C14H13N3O2/c18-14(19)12-7-17-13(8-15-12)16-6-10-5-9-3-1-2-4-11(9)10/h1-4,7-8,10H,5-6H2,(H,16,17)(H,18,19). The summed E-state index contributed by atoms with van der Waals surface area (Å²) >= 11 is 0. The molecule has 0 fully saturated rings. The van der Waals surface area contributed by atoms with Crippen LogP contribution in [0.1, 0.15) is 27.5 Å². The van der Waals surface area contributed by atoms with Crippen molar-refractivity contribution in [2.45, 2.75) is 12.3 Å². The van der Waals surface area contributed by atoms with Crippen LogP contribution in [0.3, 0.4) is 0 Å². The number of carbonyl (C=O) groups is 1. The lowest BCUT2D eigenvalue weighted by Gasteiger charge is -2.30. The largest absolute Gasteiger partial charge is 0.476 e. The van der Waals surface area contributed by atoms with Gasteiger partial charge in [0.05, 0.1) is 12.4 Å². The fraction of sp³-hybridized carbons (Fsp3) is 0.214. The molecule has 1 heterocycles. The number of anilines is 1. The zero-order chi connectivity index (χ0) is 13.2. The Bertz CT molecular complexity index is 610. The van der Waals surface area contributed by atoms with E-state index in [0.717, 1.165) is 13.0 Å². The lowest BCUT2D eigenvalue weighted by atomic mass is 9.78. The van der Waals surface area contributed by atoms with Gasteiger partial charge in [0.15, 0.2) is 5.69 Å². The van der Waals surface area contributed by atoms with Crippen LogP contribution in [-0.4, -0.2) is 27.6 Å². The third-order valence-electron chi connectivity index (χ3n) is 3.36. The second kappa shape index (κ2) is 4.68. The van der Waals surface area contributed by atoms with Gasteiger partial charge < -0.3 is 10.4 Å². The number of aromatic carboxylic acids is 1. The lowest BCUT2D eigenvalue weighted by Crippen LogP contribution is -2.24. The molecule has 3 rings (SSSR count). The van der Waals surface area contributed by atoms with Gasteiger partial charge in [0.25, 0.3) is 0 Å². The summed E-state index contributed by atoms with van der Waals surface area (Å²) in [4.78, 5) is 18.5. The first-order chi connectivity index (χ1) is 9.24. The van der Waals surface area contributed by atoms with Crippen molar-refractivity contribution in [2.75, 3.05) is 11.9 Å². The average Bonchev–Trinajstić information content (AvgIpc) is 2.40. The smallest absolute Gasteiger partial charge is 0.356 e. The SMILES string of the molecule is O=C(O)c1cnc(NCC2Cc3ccccc32)cn1. The third-order valence-corrected chi connectivity index (χ3v) is 3.36. The highest BCUT2D eigenvalue weighted by molar-refractivity contribution is 5.84. The lowest BCUT2D eigenvalue weighted by molar-refractivity contribution is 0.0690. The number of nitrogens with one attached hydrogen (secondary N) is 1. The van der Waals surface area contributed by atoms with Crippen LogP contribution in [-0.2, 0) is 6.42 Å². The van der Waals surface area contributed by atoms with E-state index in [0.29, 0.717) is 11.7 Å². The Morgan fingerprint density at radius 1 is 1.32 bits per heavy atom. The van der Waals surface area contributed by atoms with Crippen molar-refractivity contribution in [2.24, 2.45) is 0 Å². The topological polar surface area (TPSA) is 75.1 Å². The average molecular weight is 255 g/mol. The van der Waals surface area contributed by atoms with Gasteiger partial charge in [-0.15, -0.1) is 0 Å². The van der Waals surface area contributed by atoms with Gasteiger partial charge >= 0.3 is 5.97 Å². The number of nitrogens with zero attached hydrogens (tertiary/aromatic N) is 2. The van der Waals surface area contributed by atoms with Crippen LogP contribution in [0.4, 0.5) is 5.82 Å². The molecule has 0 radical (unpaired) electrons. The summed E-state index contributed by atoms with van der Waals surface area (Å²) in [5.41, 5.74) is 2.74. The van der Waals surface area contributed by atoms with Crippen molar-refractivity contribution in [1.29, 1.82) is 0 Å². The Hall–Kier alpha value is -2.43. The number of rotatable bonds is 4. The molecule has 0 bridgehead atoms. The van der Waals surface area contributed by atoms with Crippen LogP contribution in [0.2, 0.25) is 0 Å². The fourth-order valence-corrected chi connectivity index (χ4v) is 2.30. The van der Waals surface area contributed by atoms with E-state index in [1.807, 2.05) is 6.07 Å². The number of benzene rings is 1. The molecule has 0 saturated carbocycles. The highest BCUT2D eigenvalue weighted by atomic mass is 16.4. The Morgan fingerprint density at radius 2 is 2.16 bits per heavy atom. The molecule has 5 heteroatoms. The molecular weight excluding hydrogens is 242 g/mol. The van der Waals surface area contributed by atoms with Crippen molar-refractivity contribution < 1.29 is 9.90 Å². The Kier molecular flexibility index (Phi) is 2.87. The molecule has 2 aromatic rings. The zero-order valence-corrected chi connectivity index (χ0v) is 10.2. The maximum atomic E-state index is 10.6. The van der Waals surface area contributed by atoms with E-state index in [9.17, 15) is 4.79 Å². The molecule has 0 spiro atoms. The molecule has 1 aromatic carbocycles. The molecule has 1 atom stereocenters. The predicted octanol–water partition coefficient (Wildman–Crippen LogP) is 1.93. The number of carboxylic acid groups (broad SMARTS) is 1. The second-order valence-corrected chi connectivity index (χ2v) is 4.57. The Morgan fingerprint density at radius 3 is 2.84 bits per heavy atom. The molecule has 5 nitrogen and oxygen atoms in total. The first-order valence-electron chi connectivity index (χ1n) is 6.11. The van der Waals surface area contributed by atoms with Gasteiger partial charge in [-0.1, -0.05) is 24.3 Å². The quantitative estimate of drug-likeness (QED) is 0.873. The van der Waals surface area contributed by atoms with Gasteiger partial charge in [0.2, 0.25) is 0 Å². The van der Waals surface area contributed by atoms with Crippen molar-refractivity contribution in [3.05, 3.63) is 53.5 Å². The number of carboxylic acids is 1. The van der Waals surface area contributed by atoms with E-state index >= 15 is 0 Å². The van der Waals surface area contributed by atoms with Crippen molar-refractivity contribution in [3.63, 3.8) is 0 Å². The fourth-order valence-electron chi connectivity index (χ4n) is 2.30. The van der Waals surface area contributed by atoms with Crippen LogP contribution in [0.5, 0.6) is 0 Å². The number of hydrogen-bond donors (Lipinski definition) is 2. The summed E-state index contributed by atoms with van der Waals surface area (Å²) < 4.78 is 0. The minimum Gasteiger partial charge on any atom is -0.476 e. The van der Waals surface area contributed by atoms with Gasteiger partial charge in [-0.2, -0.15) is 0 Å². The highest BCUT2D eigenvalue weighted by Crippen LogP contribution is 2.34. The molecule has 0 aliphatic heterocycles. The zero-order valence-electron chi connectivity index (χ0n) is 10.2. The summed E-state index contributed by atoms with van der Waals surface area (Å²) in [5, 5.41) is 11.9. The first-order valence-corrected chi connectivity index (χ1v) is 6.11. The minimum absolute atomic E-state index is 0.0421. The summed E-state index contributed by atoms with van der Waals surface area (Å²) in [5.74, 6) is 0.0403. The van der Waals surface area contributed by atoms with E-state index < -0.39 is 5.97 Å². The molecule has 1 aliphatic rings. The van der Waals surface area contributed by atoms with Gasteiger partial charge in [-0.25, -0.2) is 14.8 Å². The summed E-state index contributed by atoms with van der Waals surface area (Å²) in [6.45, 7) is 0.790. The Labute approximate surface area is 110 Å². The van der Waals surface area contributed by atoms with Gasteiger partial charge in [0.1, 0.15) is 5.82 Å².